The van der Waals surface area contributed by atoms with Crippen molar-refractivity contribution in [3.63, 3.8) is 0 Å². The zero-order valence-electron chi connectivity index (χ0n) is 11.9. The monoisotopic (exact) mass is 353 g/mol. The Kier molecular flexibility index (Phi) is 5.90. The van der Waals surface area contributed by atoms with E-state index in [1.54, 1.807) is 12.1 Å². The van der Waals surface area contributed by atoms with Crippen LogP contribution in [0.5, 0.6) is 0 Å². The lowest BCUT2D eigenvalue weighted by molar-refractivity contribution is -0.385. The van der Waals surface area contributed by atoms with Crippen LogP contribution in [-0.4, -0.2) is 36.0 Å². The smallest absolute Gasteiger partial charge is 0.283 e. The fourth-order valence-electron chi connectivity index (χ4n) is 2.71. The second-order valence-electron chi connectivity index (χ2n) is 5.14. The van der Waals surface area contributed by atoms with Crippen molar-refractivity contribution in [3.8, 4) is 0 Å². The number of allylic oxidation sites excluding steroid dienone is 1. The molecule has 0 bridgehead atoms. The number of nitrogens with one attached hydrogen (secondary N) is 1. The molecular weight excluding hydrogens is 334 g/mol. The van der Waals surface area contributed by atoms with E-state index >= 15 is 0 Å². The largest absolute Gasteiger partial charge is 0.314 e. The molecule has 1 heterocycles. The molecule has 1 fully saturated rings. The van der Waals surface area contributed by atoms with E-state index in [0.29, 0.717) is 4.47 Å². The van der Waals surface area contributed by atoms with Gasteiger partial charge in [0, 0.05) is 38.3 Å². The Balaban J connectivity index is 2.28. The fraction of sp³-hybridized carbons (Fsp3) is 0.467. The van der Waals surface area contributed by atoms with Gasteiger partial charge in [0.15, 0.2) is 0 Å². The van der Waals surface area contributed by atoms with Crippen LogP contribution in [0.25, 0.3) is 0 Å². The first-order chi connectivity index (χ1) is 10.1. The molecule has 1 N–H and O–H groups in total. The lowest BCUT2D eigenvalue weighted by Crippen LogP contribution is -2.45. The molecule has 21 heavy (non-hydrogen) atoms. The number of nitrogens with zero attached hydrogens (tertiary/aromatic N) is 2. The van der Waals surface area contributed by atoms with Crippen molar-refractivity contribution < 1.29 is 4.92 Å². The predicted octanol–water partition coefficient (Wildman–Crippen LogP) is 3.27. The maximum Gasteiger partial charge on any atom is 0.283 e. The van der Waals surface area contributed by atoms with Crippen LogP contribution in [0, 0.1) is 10.1 Å². The molecule has 0 unspecified atom stereocenters. The van der Waals surface area contributed by atoms with Gasteiger partial charge < -0.3 is 5.32 Å². The van der Waals surface area contributed by atoms with E-state index < -0.39 is 0 Å². The number of nitro benzene ring substituents is 1. The number of hydrogen-bond acceptors (Lipinski definition) is 4. The molecule has 1 aromatic carbocycles. The number of piperazine rings is 1. The summed E-state index contributed by atoms with van der Waals surface area (Å²) in [6.07, 6.45) is 3.74. The van der Waals surface area contributed by atoms with Crippen molar-refractivity contribution in [2.75, 3.05) is 26.2 Å². The molecule has 6 heteroatoms. The molecular formula is C15H20BrN3O2. The van der Waals surface area contributed by atoms with Crippen molar-refractivity contribution in [2.45, 2.75) is 18.9 Å². The Bertz CT molecular complexity index is 516. The van der Waals surface area contributed by atoms with Crippen LogP contribution < -0.4 is 5.32 Å². The van der Waals surface area contributed by atoms with Gasteiger partial charge in [-0.05, 0) is 40.4 Å². The molecule has 5 nitrogen and oxygen atoms in total. The fourth-order valence-corrected chi connectivity index (χ4v) is 3.10. The van der Waals surface area contributed by atoms with E-state index in [4.69, 9.17) is 0 Å². The van der Waals surface area contributed by atoms with Gasteiger partial charge in [-0.15, -0.1) is 6.58 Å². The van der Waals surface area contributed by atoms with Gasteiger partial charge in [-0.2, -0.15) is 0 Å². The molecule has 1 saturated heterocycles. The Morgan fingerprint density at radius 3 is 2.81 bits per heavy atom. The van der Waals surface area contributed by atoms with Gasteiger partial charge in [-0.3, -0.25) is 15.0 Å². The maximum absolute atomic E-state index is 11.1. The third-order valence-electron chi connectivity index (χ3n) is 3.79. The average molecular weight is 354 g/mol. The quantitative estimate of drug-likeness (QED) is 0.484. The average Bonchev–Trinajstić information content (AvgIpc) is 2.50. The highest BCUT2D eigenvalue weighted by Gasteiger charge is 2.24. The number of halogens is 1. The van der Waals surface area contributed by atoms with Crippen molar-refractivity contribution in [2.24, 2.45) is 0 Å². The van der Waals surface area contributed by atoms with E-state index in [1.165, 1.54) is 0 Å². The SMILES string of the molecule is C=CCC[C@@H](c1ccc(Br)c([N+](=O)[O-])c1)N1CCNCC1. The summed E-state index contributed by atoms with van der Waals surface area (Å²) < 4.78 is 0.527. The lowest BCUT2D eigenvalue weighted by atomic mass is 9.99. The summed E-state index contributed by atoms with van der Waals surface area (Å²) in [4.78, 5) is 13.2. The summed E-state index contributed by atoms with van der Waals surface area (Å²) in [5, 5.41) is 14.5. The van der Waals surface area contributed by atoms with Gasteiger partial charge in [0.2, 0.25) is 0 Å². The summed E-state index contributed by atoms with van der Waals surface area (Å²) >= 11 is 3.25. The Morgan fingerprint density at radius 2 is 2.19 bits per heavy atom. The molecule has 0 radical (unpaired) electrons. The van der Waals surface area contributed by atoms with Gasteiger partial charge in [0.25, 0.3) is 5.69 Å². The highest BCUT2D eigenvalue weighted by molar-refractivity contribution is 9.10. The first kappa shape index (κ1) is 16.1. The summed E-state index contributed by atoms with van der Waals surface area (Å²) in [7, 11) is 0. The molecule has 2 rings (SSSR count). The van der Waals surface area contributed by atoms with Crippen LogP contribution in [0.4, 0.5) is 5.69 Å². The van der Waals surface area contributed by atoms with Crippen molar-refractivity contribution in [1.29, 1.82) is 0 Å². The minimum Gasteiger partial charge on any atom is -0.314 e. The number of nitro groups is 1. The molecule has 1 aliphatic heterocycles. The molecule has 0 aromatic heterocycles. The third kappa shape index (κ3) is 4.12. The van der Waals surface area contributed by atoms with Crippen molar-refractivity contribution in [3.05, 3.63) is 51.0 Å². The second-order valence-corrected chi connectivity index (χ2v) is 5.99. The summed E-state index contributed by atoms with van der Waals surface area (Å²) in [6, 6.07) is 5.65. The third-order valence-corrected chi connectivity index (χ3v) is 4.46. The molecule has 0 spiro atoms. The number of benzene rings is 1. The lowest BCUT2D eigenvalue weighted by Gasteiger charge is -2.35. The van der Waals surface area contributed by atoms with Crippen LogP contribution in [0.15, 0.2) is 35.3 Å². The summed E-state index contributed by atoms with van der Waals surface area (Å²) in [6.45, 7) is 7.64. The van der Waals surface area contributed by atoms with Gasteiger partial charge in [0.05, 0.1) is 9.40 Å². The van der Waals surface area contributed by atoms with Gasteiger partial charge in [-0.1, -0.05) is 12.1 Å². The second kappa shape index (κ2) is 7.68. The standard InChI is InChI=1S/C15H20BrN3O2/c1-2-3-4-14(18-9-7-17-8-10-18)12-5-6-13(16)15(11-12)19(20)21/h2,5-6,11,14,17H,1,3-4,7-10H2/t14-/m0/s1. The molecule has 0 saturated carbocycles. The molecule has 114 valence electrons. The highest BCUT2D eigenvalue weighted by Crippen LogP contribution is 2.32. The van der Waals surface area contributed by atoms with Gasteiger partial charge in [0.1, 0.15) is 0 Å². The van der Waals surface area contributed by atoms with Crippen LogP contribution >= 0.6 is 15.9 Å². The van der Waals surface area contributed by atoms with Crippen molar-refractivity contribution >= 4 is 21.6 Å². The zero-order chi connectivity index (χ0) is 15.2. The van der Waals surface area contributed by atoms with Crippen LogP contribution in [0.1, 0.15) is 24.4 Å². The molecule has 1 atom stereocenters. The minimum absolute atomic E-state index is 0.131. The van der Waals surface area contributed by atoms with E-state index in [-0.39, 0.29) is 16.7 Å². The number of rotatable bonds is 6. The van der Waals surface area contributed by atoms with Crippen LogP contribution in [0.3, 0.4) is 0 Å². The number of hydrogen-bond donors (Lipinski definition) is 1. The van der Waals surface area contributed by atoms with E-state index in [0.717, 1.165) is 44.6 Å². The van der Waals surface area contributed by atoms with E-state index in [9.17, 15) is 10.1 Å². The normalized spacial score (nSPS) is 17.4. The first-order valence-electron chi connectivity index (χ1n) is 7.13. The molecule has 1 aromatic rings. The molecule has 0 aliphatic carbocycles. The van der Waals surface area contributed by atoms with Gasteiger partial charge >= 0.3 is 0 Å². The van der Waals surface area contributed by atoms with Crippen LogP contribution in [-0.2, 0) is 0 Å². The zero-order valence-corrected chi connectivity index (χ0v) is 13.5. The van der Waals surface area contributed by atoms with E-state index in [1.807, 2.05) is 12.1 Å². The summed E-state index contributed by atoms with van der Waals surface area (Å²) in [5.74, 6) is 0. The van der Waals surface area contributed by atoms with Gasteiger partial charge in [-0.25, -0.2) is 0 Å². The maximum atomic E-state index is 11.1. The van der Waals surface area contributed by atoms with Crippen LogP contribution in [0.2, 0.25) is 0 Å². The topological polar surface area (TPSA) is 58.4 Å². The molecule has 0 amide bonds. The Morgan fingerprint density at radius 1 is 1.48 bits per heavy atom. The van der Waals surface area contributed by atoms with E-state index in [2.05, 4.69) is 32.7 Å². The Hall–Kier alpha value is -1.24. The highest BCUT2D eigenvalue weighted by atomic mass is 79.9. The van der Waals surface area contributed by atoms with Crippen molar-refractivity contribution in [1.82, 2.24) is 10.2 Å². The first-order valence-corrected chi connectivity index (χ1v) is 7.92. The molecule has 1 aliphatic rings. The summed E-state index contributed by atoms with van der Waals surface area (Å²) in [5.41, 5.74) is 1.14. The minimum atomic E-state index is -0.337. The predicted molar refractivity (Wildman–Crippen MR) is 87.4 cm³/mol. The Labute approximate surface area is 133 Å².